The van der Waals surface area contributed by atoms with Crippen molar-refractivity contribution in [3.63, 3.8) is 0 Å². The lowest BCUT2D eigenvalue weighted by atomic mass is 9.93. The van der Waals surface area contributed by atoms with Crippen LogP contribution in [-0.4, -0.2) is 72.4 Å². The van der Waals surface area contributed by atoms with Gasteiger partial charge in [-0.25, -0.2) is 4.79 Å². The number of carbonyl (C=O) groups excluding carboxylic acids is 1. The predicted octanol–water partition coefficient (Wildman–Crippen LogP) is 2.28. The number of phenolic OH excluding ortho intramolecular Hbond substituents is 1. The van der Waals surface area contributed by atoms with Crippen LogP contribution in [0.4, 0.5) is 4.79 Å². The summed E-state index contributed by atoms with van der Waals surface area (Å²) >= 11 is 12.4. The fourth-order valence-electron chi connectivity index (χ4n) is 4.17. The second kappa shape index (κ2) is 6.83. The number of ether oxygens (including phenoxy) is 1. The number of hydrogen-bond acceptors (Lipinski definition) is 5. The number of halogens is 2. The summed E-state index contributed by atoms with van der Waals surface area (Å²) in [6.07, 6.45) is 0.303. The van der Waals surface area contributed by atoms with Gasteiger partial charge in [-0.15, -0.1) is 0 Å². The fourth-order valence-corrected chi connectivity index (χ4v) is 4.64. The van der Waals surface area contributed by atoms with E-state index < -0.39 is 0 Å². The Bertz CT molecular complexity index is 681. The van der Waals surface area contributed by atoms with E-state index in [1.165, 1.54) is 0 Å². The van der Waals surface area contributed by atoms with Crippen molar-refractivity contribution >= 4 is 29.3 Å². The summed E-state index contributed by atoms with van der Waals surface area (Å²) in [4.78, 5) is 16.4. The van der Waals surface area contributed by atoms with Crippen LogP contribution in [0.5, 0.6) is 5.75 Å². The van der Waals surface area contributed by atoms with Crippen LogP contribution in [0.25, 0.3) is 0 Å². The molecule has 0 aromatic heterocycles. The van der Waals surface area contributed by atoms with Gasteiger partial charge in [0.05, 0.1) is 16.1 Å². The Morgan fingerprint density at radius 1 is 1.28 bits per heavy atom. The van der Waals surface area contributed by atoms with Gasteiger partial charge < -0.3 is 20.1 Å². The van der Waals surface area contributed by atoms with Crippen molar-refractivity contribution in [2.24, 2.45) is 0 Å². The second-order valence-corrected chi connectivity index (χ2v) is 7.70. The second-order valence-electron chi connectivity index (χ2n) is 6.92. The monoisotopic (exact) mass is 385 g/mol. The van der Waals surface area contributed by atoms with Crippen molar-refractivity contribution in [2.75, 3.05) is 39.3 Å². The first-order valence-electron chi connectivity index (χ1n) is 8.62. The number of amides is 1. The molecule has 3 heterocycles. The molecule has 1 aromatic carbocycles. The molecule has 25 heavy (non-hydrogen) atoms. The SMILES string of the molecule is O=C1O[C@H](CN2CCNCC2)[C@@H]2C[C@H](c3c(O)ccc(Cl)c3Cl)CN12. The standard InChI is InChI=1S/C17H21Cl2N3O3/c18-11-1-2-13(23)15(16(11)19)10-7-12-14(25-17(24)22(12)8-10)9-21-5-3-20-4-6-21/h1-2,10,12,14,20,23H,3-9H2/t10-,12-,14+/m0/s1. The molecule has 8 heteroatoms. The lowest BCUT2D eigenvalue weighted by molar-refractivity contribution is 0.0894. The molecule has 0 unspecified atom stereocenters. The number of hydrogen-bond donors (Lipinski definition) is 2. The minimum atomic E-state index is -0.273. The van der Waals surface area contributed by atoms with Gasteiger partial charge in [0.25, 0.3) is 0 Å². The van der Waals surface area contributed by atoms with Crippen LogP contribution in [0.3, 0.4) is 0 Å². The van der Waals surface area contributed by atoms with Crippen LogP contribution in [-0.2, 0) is 4.74 Å². The summed E-state index contributed by atoms with van der Waals surface area (Å²) in [5.74, 6) is 0.0992. The first kappa shape index (κ1) is 17.2. The molecule has 0 bridgehead atoms. The van der Waals surface area contributed by atoms with E-state index >= 15 is 0 Å². The van der Waals surface area contributed by atoms with Crippen LogP contribution in [0.2, 0.25) is 10.0 Å². The normalized spacial score (nSPS) is 29.8. The minimum Gasteiger partial charge on any atom is -0.508 e. The molecule has 3 fully saturated rings. The number of carbonyl (C=O) groups is 1. The number of nitrogens with one attached hydrogen (secondary N) is 1. The first-order chi connectivity index (χ1) is 12.0. The summed E-state index contributed by atoms with van der Waals surface area (Å²) in [5, 5.41) is 14.4. The van der Waals surface area contributed by atoms with E-state index in [-0.39, 0.29) is 29.9 Å². The maximum atomic E-state index is 12.3. The number of aromatic hydroxyl groups is 1. The van der Waals surface area contributed by atoms with E-state index in [1.807, 2.05) is 0 Å². The molecule has 0 saturated carbocycles. The Hall–Kier alpha value is -1.21. The van der Waals surface area contributed by atoms with Crippen molar-refractivity contribution in [3.05, 3.63) is 27.7 Å². The molecule has 3 aliphatic heterocycles. The Morgan fingerprint density at radius 3 is 2.80 bits per heavy atom. The van der Waals surface area contributed by atoms with Crippen molar-refractivity contribution < 1.29 is 14.6 Å². The van der Waals surface area contributed by atoms with E-state index in [4.69, 9.17) is 27.9 Å². The third kappa shape index (κ3) is 3.16. The van der Waals surface area contributed by atoms with Crippen molar-refractivity contribution in [1.29, 1.82) is 0 Å². The highest BCUT2D eigenvalue weighted by Gasteiger charge is 2.49. The van der Waals surface area contributed by atoms with Gasteiger partial charge in [-0.05, 0) is 18.6 Å². The molecule has 1 amide bonds. The highest BCUT2D eigenvalue weighted by molar-refractivity contribution is 6.42. The Balaban J connectivity index is 1.52. The van der Waals surface area contributed by atoms with Crippen LogP contribution in [0, 0.1) is 0 Å². The van der Waals surface area contributed by atoms with E-state index in [0.717, 1.165) is 39.1 Å². The molecule has 2 N–H and O–H groups in total. The van der Waals surface area contributed by atoms with E-state index in [2.05, 4.69) is 10.2 Å². The largest absolute Gasteiger partial charge is 0.508 e. The molecule has 136 valence electrons. The maximum Gasteiger partial charge on any atom is 0.410 e. The van der Waals surface area contributed by atoms with E-state index in [9.17, 15) is 9.90 Å². The van der Waals surface area contributed by atoms with Gasteiger partial charge >= 0.3 is 6.09 Å². The van der Waals surface area contributed by atoms with Crippen LogP contribution in [0.1, 0.15) is 17.9 Å². The first-order valence-corrected chi connectivity index (χ1v) is 9.37. The topological polar surface area (TPSA) is 65.0 Å². The molecule has 0 aliphatic carbocycles. The molecule has 3 atom stereocenters. The van der Waals surface area contributed by atoms with Crippen LogP contribution >= 0.6 is 23.2 Å². The van der Waals surface area contributed by atoms with E-state index in [0.29, 0.717) is 22.2 Å². The number of cyclic esters (lactones) is 1. The van der Waals surface area contributed by atoms with Crippen molar-refractivity contribution in [1.82, 2.24) is 15.1 Å². The fraction of sp³-hybridized carbons (Fsp3) is 0.588. The highest BCUT2D eigenvalue weighted by Crippen LogP contribution is 2.45. The number of benzene rings is 1. The Kier molecular flexibility index (Phi) is 4.71. The average molecular weight is 386 g/mol. The molecule has 3 saturated heterocycles. The minimum absolute atomic E-state index is 0.0156. The Labute approximate surface area is 156 Å². The average Bonchev–Trinajstić information content (AvgIpc) is 3.14. The number of fused-ring (bicyclic) bond motifs is 1. The third-order valence-electron chi connectivity index (χ3n) is 5.42. The van der Waals surface area contributed by atoms with Gasteiger partial charge in [0.2, 0.25) is 0 Å². The summed E-state index contributed by atoms with van der Waals surface area (Å²) in [6.45, 7) is 5.09. The Morgan fingerprint density at radius 2 is 2.04 bits per heavy atom. The molecule has 0 radical (unpaired) electrons. The zero-order valence-electron chi connectivity index (χ0n) is 13.8. The number of phenols is 1. The zero-order chi connectivity index (χ0) is 17.6. The van der Waals surface area contributed by atoms with Crippen LogP contribution < -0.4 is 5.32 Å². The maximum absolute atomic E-state index is 12.3. The molecular formula is C17H21Cl2N3O3. The van der Waals surface area contributed by atoms with E-state index in [1.54, 1.807) is 17.0 Å². The van der Waals surface area contributed by atoms with Gasteiger partial charge in [0.1, 0.15) is 11.9 Å². The van der Waals surface area contributed by atoms with Gasteiger partial charge in [0, 0.05) is 50.7 Å². The summed E-state index contributed by atoms with van der Waals surface area (Å²) in [7, 11) is 0. The van der Waals surface area contributed by atoms with Gasteiger partial charge in [-0.2, -0.15) is 0 Å². The quantitative estimate of drug-likeness (QED) is 0.835. The summed E-state index contributed by atoms with van der Waals surface area (Å²) in [6, 6.07) is 3.16. The van der Waals surface area contributed by atoms with Gasteiger partial charge in [-0.3, -0.25) is 4.90 Å². The molecule has 3 aliphatic rings. The third-order valence-corrected chi connectivity index (χ3v) is 6.24. The zero-order valence-corrected chi connectivity index (χ0v) is 15.3. The lowest BCUT2D eigenvalue weighted by Crippen LogP contribution is -2.48. The molecular weight excluding hydrogens is 365 g/mol. The van der Waals surface area contributed by atoms with Crippen molar-refractivity contribution in [2.45, 2.75) is 24.5 Å². The molecule has 1 aromatic rings. The lowest BCUT2D eigenvalue weighted by Gasteiger charge is -2.30. The number of rotatable bonds is 3. The van der Waals surface area contributed by atoms with Crippen LogP contribution in [0.15, 0.2) is 12.1 Å². The smallest absolute Gasteiger partial charge is 0.410 e. The molecule has 0 spiro atoms. The predicted molar refractivity (Wildman–Crippen MR) is 95.6 cm³/mol. The summed E-state index contributed by atoms with van der Waals surface area (Å²) < 4.78 is 5.60. The van der Waals surface area contributed by atoms with Gasteiger partial charge in [0.15, 0.2) is 0 Å². The van der Waals surface area contributed by atoms with Crippen molar-refractivity contribution in [3.8, 4) is 5.75 Å². The molecule has 4 rings (SSSR count). The van der Waals surface area contributed by atoms with Gasteiger partial charge in [-0.1, -0.05) is 23.2 Å². The highest BCUT2D eigenvalue weighted by atomic mass is 35.5. The summed E-state index contributed by atoms with van der Waals surface area (Å²) in [5.41, 5.74) is 0.636. The molecule has 6 nitrogen and oxygen atoms in total. The number of nitrogens with zero attached hydrogens (tertiary/aromatic N) is 2. The number of piperazine rings is 1.